The zero-order chi connectivity index (χ0) is 20.6. The minimum absolute atomic E-state index is 0.0382. The van der Waals surface area contributed by atoms with Gasteiger partial charge in [0.2, 0.25) is 5.91 Å². The fraction of sp³-hybridized carbons (Fsp3) is 0.350. The number of carbonyl (C=O) groups excluding carboxylic acids is 2. The van der Waals surface area contributed by atoms with Crippen LogP contribution in [0.4, 0.5) is 20.6 Å². The molecule has 1 aromatic heterocycles. The Hall–Kier alpha value is -3.04. The van der Waals surface area contributed by atoms with Gasteiger partial charge in [-0.2, -0.15) is 0 Å². The number of halogens is 1. The van der Waals surface area contributed by atoms with Crippen molar-refractivity contribution in [3.8, 4) is 0 Å². The van der Waals surface area contributed by atoms with E-state index < -0.39 is 11.8 Å². The SMILES string of the molecule is COCC(=O)N[C@H]1CCN(Cc2cc(F)cc(NC(=O)Nc3cccnc3)c2)C1. The van der Waals surface area contributed by atoms with Gasteiger partial charge in [0, 0.05) is 44.7 Å². The Morgan fingerprint density at radius 2 is 2.10 bits per heavy atom. The summed E-state index contributed by atoms with van der Waals surface area (Å²) in [5, 5.41) is 8.20. The molecule has 0 saturated carbocycles. The molecule has 0 aliphatic carbocycles. The highest BCUT2D eigenvalue weighted by molar-refractivity contribution is 5.99. The monoisotopic (exact) mass is 401 g/mol. The first kappa shape index (κ1) is 20.7. The van der Waals surface area contributed by atoms with Gasteiger partial charge in [-0.1, -0.05) is 0 Å². The largest absolute Gasteiger partial charge is 0.375 e. The van der Waals surface area contributed by atoms with Gasteiger partial charge >= 0.3 is 6.03 Å². The van der Waals surface area contributed by atoms with Crippen LogP contribution in [0.2, 0.25) is 0 Å². The molecule has 2 heterocycles. The molecule has 1 saturated heterocycles. The van der Waals surface area contributed by atoms with Crippen LogP contribution in [0.15, 0.2) is 42.7 Å². The van der Waals surface area contributed by atoms with Crippen LogP contribution in [0.25, 0.3) is 0 Å². The average molecular weight is 401 g/mol. The molecule has 8 nitrogen and oxygen atoms in total. The van der Waals surface area contributed by atoms with Crippen LogP contribution >= 0.6 is 0 Å². The number of ether oxygens (including phenoxy) is 1. The number of hydrogen-bond acceptors (Lipinski definition) is 5. The molecular weight excluding hydrogens is 377 g/mol. The van der Waals surface area contributed by atoms with Crippen molar-refractivity contribution in [2.75, 3.05) is 37.4 Å². The van der Waals surface area contributed by atoms with E-state index >= 15 is 0 Å². The molecule has 3 rings (SSSR count). The standard InChI is InChI=1S/C20H24FN5O3/c1-29-13-19(27)23-17-4-6-26(12-17)11-14-7-15(21)9-18(8-14)25-20(28)24-16-3-2-5-22-10-16/h2-3,5,7-10,17H,4,6,11-13H2,1H3,(H,23,27)(H2,24,25,28)/t17-/m0/s1. The molecule has 0 unspecified atom stereocenters. The van der Waals surface area contributed by atoms with E-state index in [1.54, 1.807) is 24.4 Å². The number of aromatic nitrogens is 1. The van der Waals surface area contributed by atoms with Crippen molar-refractivity contribution in [1.29, 1.82) is 0 Å². The highest BCUT2D eigenvalue weighted by Gasteiger charge is 2.24. The third kappa shape index (κ3) is 6.51. The van der Waals surface area contributed by atoms with Gasteiger partial charge in [-0.25, -0.2) is 9.18 Å². The van der Waals surface area contributed by atoms with E-state index in [0.29, 0.717) is 24.5 Å². The quantitative estimate of drug-likeness (QED) is 0.661. The van der Waals surface area contributed by atoms with Gasteiger partial charge in [-0.15, -0.1) is 0 Å². The Labute approximate surface area is 168 Å². The first-order chi connectivity index (χ1) is 14.0. The van der Waals surface area contributed by atoms with Crippen molar-refractivity contribution in [2.45, 2.75) is 19.0 Å². The molecule has 0 spiro atoms. The van der Waals surface area contributed by atoms with Crippen LogP contribution in [-0.2, 0) is 16.1 Å². The number of hydrogen-bond donors (Lipinski definition) is 3. The molecule has 3 amide bonds. The van der Waals surface area contributed by atoms with Crippen molar-refractivity contribution in [3.63, 3.8) is 0 Å². The van der Waals surface area contributed by atoms with Gasteiger partial charge in [0.1, 0.15) is 12.4 Å². The van der Waals surface area contributed by atoms with Gasteiger partial charge in [-0.05, 0) is 42.3 Å². The number of amides is 3. The number of pyridine rings is 1. The molecule has 1 fully saturated rings. The fourth-order valence-electron chi connectivity index (χ4n) is 3.30. The smallest absolute Gasteiger partial charge is 0.323 e. The predicted octanol–water partition coefficient (Wildman–Crippen LogP) is 2.20. The van der Waals surface area contributed by atoms with E-state index in [9.17, 15) is 14.0 Å². The third-order valence-electron chi connectivity index (χ3n) is 4.45. The summed E-state index contributed by atoms with van der Waals surface area (Å²) in [7, 11) is 1.48. The average Bonchev–Trinajstić information content (AvgIpc) is 3.08. The van der Waals surface area contributed by atoms with Crippen molar-refractivity contribution >= 4 is 23.3 Å². The van der Waals surface area contributed by atoms with Gasteiger partial charge in [0.25, 0.3) is 0 Å². The molecule has 9 heteroatoms. The lowest BCUT2D eigenvalue weighted by Crippen LogP contribution is -2.38. The Morgan fingerprint density at radius 1 is 1.28 bits per heavy atom. The third-order valence-corrected chi connectivity index (χ3v) is 4.45. The zero-order valence-corrected chi connectivity index (χ0v) is 16.2. The van der Waals surface area contributed by atoms with Crippen LogP contribution in [0.5, 0.6) is 0 Å². The van der Waals surface area contributed by atoms with Gasteiger partial charge in [-0.3, -0.25) is 14.7 Å². The van der Waals surface area contributed by atoms with E-state index in [1.807, 2.05) is 0 Å². The Kier molecular flexibility index (Phi) is 7.09. The normalized spacial score (nSPS) is 16.4. The number of anilines is 2. The molecule has 1 atom stereocenters. The summed E-state index contributed by atoms with van der Waals surface area (Å²) in [5.41, 5.74) is 1.65. The second kappa shape index (κ2) is 9.94. The lowest BCUT2D eigenvalue weighted by atomic mass is 10.2. The van der Waals surface area contributed by atoms with Gasteiger partial charge < -0.3 is 20.7 Å². The number of likely N-dealkylation sites (tertiary alicyclic amines) is 1. The number of carbonyl (C=O) groups is 2. The maximum Gasteiger partial charge on any atom is 0.323 e. The predicted molar refractivity (Wildman–Crippen MR) is 107 cm³/mol. The van der Waals surface area contributed by atoms with Crippen LogP contribution in [0.1, 0.15) is 12.0 Å². The fourth-order valence-corrected chi connectivity index (χ4v) is 3.30. The highest BCUT2D eigenvalue weighted by atomic mass is 19.1. The Bertz CT molecular complexity index is 849. The molecule has 1 aromatic carbocycles. The minimum atomic E-state index is -0.475. The molecular formula is C20H24FN5O3. The topological polar surface area (TPSA) is 95.6 Å². The molecule has 154 valence electrons. The van der Waals surface area contributed by atoms with E-state index in [4.69, 9.17) is 4.74 Å². The van der Waals surface area contributed by atoms with Crippen LogP contribution in [0, 0.1) is 5.82 Å². The number of nitrogens with one attached hydrogen (secondary N) is 3. The van der Waals surface area contributed by atoms with E-state index in [-0.39, 0.29) is 18.6 Å². The van der Waals surface area contributed by atoms with Crippen LogP contribution < -0.4 is 16.0 Å². The van der Waals surface area contributed by atoms with Gasteiger partial charge in [0.15, 0.2) is 0 Å². The first-order valence-corrected chi connectivity index (χ1v) is 9.30. The molecule has 0 radical (unpaired) electrons. The molecule has 29 heavy (non-hydrogen) atoms. The second-order valence-corrected chi connectivity index (χ2v) is 6.89. The van der Waals surface area contributed by atoms with E-state index in [2.05, 4.69) is 25.8 Å². The summed E-state index contributed by atoms with van der Waals surface area (Å²) in [6.45, 7) is 2.03. The van der Waals surface area contributed by atoms with Crippen molar-refractivity contribution in [1.82, 2.24) is 15.2 Å². The number of methoxy groups -OCH3 is 1. The second-order valence-electron chi connectivity index (χ2n) is 6.89. The number of rotatable bonds is 7. The van der Waals surface area contributed by atoms with Crippen molar-refractivity contribution in [3.05, 3.63) is 54.1 Å². The van der Waals surface area contributed by atoms with Crippen molar-refractivity contribution < 1.29 is 18.7 Å². The Morgan fingerprint density at radius 3 is 2.86 bits per heavy atom. The summed E-state index contributed by atoms with van der Waals surface area (Å²) < 4.78 is 18.9. The molecule has 2 aromatic rings. The summed E-state index contributed by atoms with van der Waals surface area (Å²) in [5.74, 6) is -0.570. The number of urea groups is 1. The Balaban J connectivity index is 1.55. The maximum absolute atomic E-state index is 14.0. The maximum atomic E-state index is 14.0. The summed E-state index contributed by atoms with van der Waals surface area (Å²) in [4.78, 5) is 29.8. The summed E-state index contributed by atoms with van der Waals surface area (Å²) in [6, 6.07) is 7.44. The van der Waals surface area contributed by atoms with Crippen LogP contribution in [0.3, 0.4) is 0 Å². The lowest BCUT2D eigenvalue weighted by Gasteiger charge is -2.17. The number of benzene rings is 1. The highest BCUT2D eigenvalue weighted by Crippen LogP contribution is 2.19. The lowest BCUT2D eigenvalue weighted by molar-refractivity contribution is -0.125. The van der Waals surface area contributed by atoms with E-state index in [0.717, 1.165) is 18.5 Å². The minimum Gasteiger partial charge on any atom is -0.375 e. The number of nitrogens with zero attached hydrogens (tertiary/aromatic N) is 2. The van der Waals surface area contributed by atoms with Crippen LogP contribution in [-0.4, -0.2) is 54.7 Å². The summed E-state index contributed by atoms with van der Waals surface area (Å²) in [6.07, 6.45) is 3.95. The first-order valence-electron chi connectivity index (χ1n) is 9.30. The zero-order valence-electron chi connectivity index (χ0n) is 16.2. The molecule has 1 aliphatic rings. The van der Waals surface area contributed by atoms with E-state index in [1.165, 1.54) is 25.4 Å². The summed E-state index contributed by atoms with van der Waals surface area (Å²) >= 11 is 0. The molecule has 1 aliphatic heterocycles. The van der Waals surface area contributed by atoms with Crippen molar-refractivity contribution in [2.24, 2.45) is 0 Å². The van der Waals surface area contributed by atoms with Gasteiger partial charge in [0.05, 0.1) is 11.9 Å². The molecule has 0 bridgehead atoms. The molecule has 3 N–H and O–H groups in total.